The van der Waals surface area contributed by atoms with Gasteiger partial charge in [-0.05, 0) is 31.4 Å². The largest absolute Gasteiger partial charge is 0.437 e. The topological polar surface area (TPSA) is 55.1 Å². The molecule has 27 heavy (non-hydrogen) atoms. The monoisotopic (exact) mass is 380 g/mol. The van der Waals surface area contributed by atoms with Crippen LogP contribution in [-0.2, 0) is 4.79 Å². The molecule has 0 unspecified atom stereocenters. The van der Waals surface area contributed by atoms with E-state index in [-0.39, 0.29) is 11.8 Å². The molecule has 0 aliphatic rings. The summed E-state index contributed by atoms with van der Waals surface area (Å²) in [5.41, 5.74) is 3.39. The van der Waals surface area contributed by atoms with Crippen molar-refractivity contribution in [1.29, 1.82) is 0 Å². The molecule has 3 aromatic rings. The number of aryl methyl sites for hydroxylation is 2. The summed E-state index contributed by atoms with van der Waals surface area (Å²) < 4.78 is 5.49. The number of benzene rings is 2. The van der Waals surface area contributed by atoms with E-state index in [9.17, 15) is 4.79 Å². The van der Waals surface area contributed by atoms with Gasteiger partial charge in [0, 0.05) is 12.5 Å². The molecular weight excluding hydrogens is 356 g/mol. The van der Waals surface area contributed by atoms with E-state index in [2.05, 4.69) is 58.8 Å². The summed E-state index contributed by atoms with van der Waals surface area (Å²) in [7, 11) is 0. The van der Waals surface area contributed by atoms with Gasteiger partial charge in [-0.1, -0.05) is 72.4 Å². The summed E-state index contributed by atoms with van der Waals surface area (Å²) in [4.78, 5) is 16.4. The molecule has 0 aliphatic heterocycles. The molecule has 1 amide bonds. The van der Waals surface area contributed by atoms with E-state index >= 15 is 0 Å². The lowest BCUT2D eigenvalue weighted by atomic mass is 9.88. The second-order valence-electron chi connectivity index (χ2n) is 6.42. The summed E-state index contributed by atoms with van der Waals surface area (Å²) in [6, 6.07) is 20.8. The quantitative estimate of drug-likeness (QED) is 0.575. The third kappa shape index (κ3) is 5.47. The number of amides is 1. The molecule has 5 heteroatoms. The van der Waals surface area contributed by atoms with Crippen molar-refractivity contribution in [2.24, 2.45) is 0 Å². The van der Waals surface area contributed by atoms with Crippen molar-refractivity contribution in [1.82, 2.24) is 10.3 Å². The van der Waals surface area contributed by atoms with Gasteiger partial charge in [-0.3, -0.25) is 4.79 Å². The fourth-order valence-electron chi connectivity index (χ4n) is 2.94. The van der Waals surface area contributed by atoms with Crippen molar-refractivity contribution >= 4 is 17.7 Å². The van der Waals surface area contributed by atoms with Crippen LogP contribution in [0, 0.1) is 13.8 Å². The second-order valence-corrected chi connectivity index (χ2v) is 7.35. The molecule has 0 saturated heterocycles. The van der Waals surface area contributed by atoms with E-state index < -0.39 is 0 Å². The molecule has 3 rings (SSSR count). The second kappa shape index (κ2) is 9.42. The summed E-state index contributed by atoms with van der Waals surface area (Å²) in [5.74, 6) is 1.36. The van der Waals surface area contributed by atoms with Gasteiger partial charge in [-0.15, -0.1) is 0 Å². The molecule has 1 heterocycles. The highest BCUT2D eigenvalue weighted by atomic mass is 32.2. The maximum absolute atomic E-state index is 12.2. The van der Waals surface area contributed by atoms with Crippen LogP contribution in [0.1, 0.15) is 34.9 Å². The lowest BCUT2D eigenvalue weighted by Gasteiger charge is -2.18. The van der Waals surface area contributed by atoms with Crippen molar-refractivity contribution in [3.05, 3.63) is 83.2 Å². The smallest absolute Gasteiger partial charge is 0.256 e. The Morgan fingerprint density at radius 1 is 1.04 bits per heavy atom. The molecular formula is C22H24N2O2S. The maximum Gasteiger partial charge on any atom is 0.256 e. The molecule has 2 aromatic carbocycles. The Hall–Kier alpha value is -2.53. The number of aromatic nitrogens is 1. The molecule has 140 valence electrons. The number of thioether (sulfide) groups is 1. The fourth-order valence-corrected chi connectivity index (χ4v) is 3.68. The van der Waals surface area contributed by atoms with Gasteiger partial charge in [-0.2, -0.15) is 0 Å². The molecule has 0 atom stereocenters. The van der Waals surface area contributed by atoms with Crippen LogP contribution < -0.4 is 5.32 Å². The highest BCUT2D eigenvalue weighted by Gasteiger charge is 2.14. The minimum absolute atomic E-state index is 0.00613. The Morgan fingerprint density at radius 2 is 1.63 bits per heavy atom. The molecule has 1 N–H and O–H groups in total. The van der Waals surface area contributed by atoms with E-state index in [1.165, 1.54) is 22.9 Å². The van der Waals surface area contributed by atoms with Crippen molar-refractivity contribution in [3.8, 4) is 0 Å². The number of carbonyl (C=O) groups is 1. The predicted molar refractivity (Wildman–Crippen MR) is 109 cm³/mol. The molecule has 0 bridgehead atoms. The van der Waals surface area contributed by atoms with Crippen molar-refractivity contribution < 1.29 is 9.21 Å². The van der Waals surface area contributed by atoms with Gasteiger partial charge in [0.2, 0.25) is 5.91 Å². The zero-order valence-corrected chi connectivity index (χ0v) is 16.5. The highest BCUT2D eigenvalue weighted by Crippen LogP contribution is 2.27. The first kappa shape index (κ1) is 19.2. The molecule has 0 spiro atoms. The van der Waals surface area contributed by atoms with Gasteiger partial charge < -0.3 is 9.73 Å². The van der Waals surface area contributed by atoms with E-state index in [1.54, 1.807) is 0 Å². The Morgan fingerprint density at radius 3 is 2.15 bits per heavy atom. The number of carbonyl (C=O) groups excluding carboxylic acids is 1. The number of nitrogens with zero attached hydrogens (tertiary/aromatic N) is 1. The van der Waals surface area contributed by atoms with Gasteiger partial charge in [-0.25, -0.2) is 4.98 Å². The zero-order chi connectivity index (χ0) is 19.1. The van der Waals surface area contributed by atoms with E-state index in [1.807, 2.05) is 26.0 Å². The first-order chi connectivity index (χ1) is 13.1. The third-order valence-electron chi connectivity index (χ3n) is 4.49. The number of hydrogen-bond donors (Lipinski definition) is 1. The number of rotatable bonds is 8. The first-order valence-corrected chi connectivity index (χ1v) is 10.1. The minimum atomic E-state index is -0.00613. The Kier molecular flexibility index (Phi) is 6.71. The third-order valence-corrected chi connectivity index (χ3v) is 5.32. The lowest BCUT2D eigenvalue weighted by molar-refractivity contribution is -0.118. The maximum atomic E-state index is 12.2. The van der Waals surface area contributed by atoms with Crippen molar-refractivity contribution in [2.45, 2.75) is 31.4 Å². The van der Waals surface area contributed by atoms with Crippen LogP contribution >= 0.6 is 11.8 Å². The highest BCUT2D eigenvalue weighted by molar-refractivity contribution is 7.99. The van der Waals surface area contributed by atoms with Crippen molar-refractivity contribution in [3.63, 3.8) is 0 Å². The lowest BCUT2D eigenvalue weighted by Crippen LogP contribution is -2.27. The van der Waals surface area contributed by atoms with Crippen molar-refractivity contribution in [2.75, 3.05) is 12.3 Å². The van der Waals surface area contributed by atoms with Crippen LogP contribution in [0.15, 0.2) is 70.3 Å². The summed E-state index contributed by atoms with van der Waals surface area (Å²) in [6.07, 6.45) is 0.849. The van der Waals surface area contributed by atoms with Gasteiger partial charge in [0.05, 0.1) is 11.4 Å². The predicted octanol–water partition coefficient (Wildman–Crippen LogP) is 4.72. The fraction of sp³-hybridized carbons (Fsp3) is 0.273. The summed E-state index contributed by atoms with van der Waals surface area (Å²) >= 11 is 1.33. The summed E-state index contributed by atoms with van der Waals surface area (Å²) in [6.45, 7) is 4.40. The minimum Gasteiger partial charge on any atom is -0.437 e. The van der Waals surface area contributed by atoms with Crippen LogP contribution in [0.5, 0.6) is 0 Å². The first-order valence-electron chi connectivity index (χ1n) is 9.07. The summed E-state index contributed by atoms with van der Waals surface area (Å²) in [5, 5.41) is 3.56. The molecule has 0 radical (unpaired) electrons. The average Bonchev–Trinajstić information content (AvgIpc) is 3.02. The van der Waals surface area contributed by atoms with Crippen LogP contribution in [-0.4, -0.2) is 23.2 Å². The van der Waals surface area contributed by atoms with E-state index in [4.69, 9.17) is 4.42 Å². The molecule has 0 fully saturated rings. The van der Waals surface area contributed by atoms with Gasteiger partial charge in [0.15, 0.2) is 0 Å². The average molecular weight is 381 g/mol. The van der Waals surface area contributed by atoms with Gasteiger partial charge in [0.1, 0.15) is 5.76 Å². The SMILES string of the molecule is Cc1nc(SCC(=O)NCCC(c2ccccc2)c2ccccc2)oc1C. The molecule has 0 aliphatic carbocycles. The standard InChI is InChI=1S/C22H24N2O2S/c1-16-17(2)26-22(24-16)27-15-21(25)23-14-13-20(18-9-5-3-6-10-18)19-11-7-4-8-12-19/h3-12,20H,13-15H2,1-2H3,(H,23,25). The van der Waals surface area contributed by atoms with Crippen LogP contribution in [0.3, 0.4) is 0 Å². The Bertz CT molecular complexity index is 804. The Labute approximate surface area is 164 Å². The van der Waals surface area contributed by atoms with Gasteiger partial charge >= 0.3 is 0 Å². The van der Waals surface area contributed by atoms with E-state index in [0.717, 1.165) is 17.9 Å². The Balaban J connectivity index is 1.53. The molecule has 0 saturated carbocycles. The number of oxazole rings is 1. The number of hydrogen-bond acceptors (Lipinski definition) is 4. The molecule has 4 nitrogen and oxygen atoms in total. The van der Waals surface area contributed by atoms with Crippen LogP contribution in [0.2, 0.25) is 0 Å². The van der Waals surface area contributed by atoms with E-state index in [0.29, 0.717) is 17.5 Å². The number of nitrogens with one attached hydrogen (secondary N) is 1. The van der Waals surface area contributed by atoms with Crippen LogP contribution in [0.25, 0.3) is 0 Å². The zero-order valence-electron chi connectivity index (χ0n) is 15.6. The van der Waals surface area contributed by atoms with Gasteiger partial charge in [0.25, 0.3) is 5.22 Å². The normalized spacial score (nSPS) is 10.9. The van der Waals surface area contributed by atoms with Crippen LogP contribution in [0.4, 0.5) is 0 Å². The molecule has 1 aromatic heterocycles.